The molecule has 1 aromatic rings. The molecule has 0 saturated carbocycles. The van der Waals surface area contributed by atoms with Crippen LogP contribution < -0.4 is 16.0 Å². The van der Waals surface area contributed by atoms with E-state index in [9.17, 15) is 8.78 Å². The molecule has 1 fully saturated rings. The van der Waals surface area contributed by atoms with E-state index in [4.69, 9.17) is 5.73 Å². The van der Waals surface area contributed by atoms with Gasteiger partial charge in [0.2, 0.25) is 0 Å². The lowest BCUT2D eigenvalue weighted by molar-refractivity contribution is -0.0118. The fourth-order valence-corrected chi connectivity index (χ4v) is 3.03. The van der Waals surface area contributed by atoms with Gasteiger partial charge in [0, 0.05) is 49.3 Å². The largest absolute Gasteiger partial charge is 0.404 e. The molecule has 1 aliphatic heterocycles. The van der Waals surface area contributed by atoms with Gasteiger partial charge in [-0.1, -0.05) is 19.1 Å². The van der Waals surface area contributed by atoms with Gasteiger partial charge in [-0.25, -0.2) is 18.7 Å². The van der Waals surface area contributed by atoms with Crippen LogP contribution in [-0.2, 0) is 0 Å². The lowest BCUT2D eigenvalue weighted by Crippen LogP contribution is -2.43. The molecule has 29 heavy (non-hydrogen) atoms. The number of hydrogen-bond acceptors (Lipinski definition) is 6. The highest BCUT2D eigenvalue weighted by atomic mass is 19.3. The number of nitrogens with two attached hydrogens (primary N) is 1. The van der Waals surface area contributed by atoms with Gasteiger partial charge in [-0.15, -0.1) is 0 Å². The Morgan fingerprint density at radius 3 is 2.86 bits per heavy atom. The van der Waals surface area contributed by atoms with Gasteiger partial charge >= 0.3 is 0 Å². The number of hydrogen-bond donors (Lipinski definition) is 2. The van der Waals surface area contributed by atoms with Crippen LogP contribution in [0.25, 0.3) is 5.57 Å². The van der Waals surface area contributed by atoms with Crippen LogP contribution in [0.1, 0.15) is 45.9 Å². The Kier molecular flexibility index (Phi) is 8.30. The van der Waals surface area contributed by atoms with Crippen LogP contribution in [0.3, 0.4) is 0 Å². The first-order chi connectivity index (χ1) is 13.9. The maximum atomic E-state index is 13.9. The molecular formula is C21H30F2N6. The number of aliphatic imine (C=N–C) groups is 1. The predicted octanol–water partition coefficient (Wildman–Crippen LogP) is 4.38. The number of halogens is 2. The molecule has 2 rings (SSSR count). The average molecular weight is 405 g/mol. The van der Waals surface area contributed by atoms with Gasteiger partial charge in [0.1, 0.15) is 11.6 Å². The van der Waals surface area contributed by atoms with Crippen molar-refractivity contribution in [2.75, 3.05) is 29.9 Å². The van der Waals surface area contributed by atoms with Crippen LogP contribution in [0, 0.1) is 0 Å². The highest BCUT2D eigenvalue weighted by molar-refractivity contribution is 5.63. The standard InChI is InChI=1S/C21H30F2N6/c1-4-17(14-24)20-27-18(26-11-7-6-9-16(3)25-5-2)13-19(28-20)29-12-8-10-21(22,23)15-29/h5-7,9,13-14H,4,8,10-12,15,24H2,1-3H3,(H,26,27,28)/b7-6+,16-9-,17-14?,25-5?. The fraction of sp³-hybridized carbons (Fsp3) is 0.476. The van der Waals surface area contributed by atoms with Crippen molar-refractivity contribution in [2.45, 2.75) is 46.0 Å². The minimum absolute atomic E-state index is 0.0880. The lowest BCUT2D eigenvalue weighted by Gasteiger charge is -2.33. The number of alkyl halides is 2. The summed E-state index contributed by atoms with van der Waals surface area (Å²) in [6, 6.07) is 1.71. The number of aromatic nitrogens is 2. The first kappa shape index (κ1) is 22.5. The zero-order chi connectivity index (χ0) is 21.3. The molecule has 3 N–H and O–H groups in total. The van der Waals surface area contributed by atoms with Crippen LogP contribution >= 0.6 is 0 Å². The summed E-state index contributed by atoms with van der Waals surface area (Å²) in [5.74, 6) is -1.19. The molecule has 1 saturated heterocycles. The van der Waals surface area contributed by atoms with Gasteiger partial charge in [-0.05, 0) is 32.8 Å². The Labute approximate surface area is 171 Å². The summed E-state index contributed by atoms with van der Waals surface area (Å²) in [6.07, 6.45) is 9.94. The van der Waals surface area contributed by atoms with Gasteiger partial charge in [0.15, 0.2) is 5.82 Å². The van der Waals surface area contributed by atoms with Crippen LogP contribution in [0.15, 0.2) is 41.2 Å². The first-order valence-corrected chi connectivity index (χ1v) is 9.87. The molecule has 0 unspecified atom stereocenters. The summed E-state index contributed by atoms with van der Waals surface area (Å²) in [4.78, 5) is 14.8. The second-order valence-electron chi connectivity index (χ2n) is 6.87. The molecule has 0 radical (unpaired) electrons. The highest BCUT2D eigenvalue weighted by Crippen LogP contribution is 2.30. The minimum Gasteiger partial charge on any atom is -0.404 e. The topological polar surface area (TPSA) is 79.4 Å². The molecule has 1 aromatic heterocycles. The lowest BCUT2D eigenvalue weighted by atomic mass is 10.1. The quantitative estimate of drug-likeness (QED) is 0.496. The summed E-state index contributed by atoms with van der Waals surface area (Å²) in [6.45, 7) is 6.47. The molecule has 0 spiro atoms. The summed E-state index contributed by atoms with van der Waals surface area (Å²) >= 11 is 0. The smallest absolute Gasteiger partial charge is 0.265 e. The Morgan fingerprint density at radius 1 is 1.41 bits per heavy atom. The van der Waals surface area contributed by atoms with Gasteiger partial charge in [0.05, 0.1) is 6.54 Å². The van der Waals surface area contributed by atoms with Crippen molar-refractivity contribution in [3.63, 3.8) is 0 Å². The van der Waals surface area contributed by atoms with Crippen LogP contribution in [0.2, 0.25) is 0 Å². The molecule has 8 heteroatoms. The summed E-state index contributed by atoms with van der Waals surface area (Å²) in [7, 11) is 0. The Morgan fingerprint density at radius 2 is 2.21 bits per heavy atom. The highest BCUT2D eigenvalue weighted by Gasteiger charge is 2.35. The van der Waals surface area contributed by atoms with E-state index in [1.807, 2.05) is 39.0 Å². The van der Waals surface area contributed by atoms with Crippen molar-refractivity contribution in [2.24, 2.45) is 10.7 Å². The third kappa shape index (κ3) is 6.96. The SMILES string of the molecule is CC=N/C(C)=C\C=C\CNc1cc(N2CCCC(F)(F)C2)nc(C(=CN)CC)n1. The van der Waals surface area contributed by atoms with Gasteiger partial charge in [-0.2, -0.15) is 0 Å². The average Bonchev–Trinajstić information content (AvgIpc) is 2.68. The zero-order valence-electron chi connectivity index (χ0n) is 17.3. The van der Waals surface area contributed by atoms with Crippen LogP contribution in [0.5, 0.6) is 0 Å². The van der Waals surface area contributed by atoms with Crippen molar-refractivity contribution in [3.05, 3.63) is 42.0 Å². The maximum Gasteiger partial charge on any atom is 0.265 e. The van der Waals surface area contributed by atoms with E-state index in [1.165, 1.54) is 6.20 Å². The van der Waals surface area contributed by atoms with Gasteiger partial charge in [-0.3, -0.25) is 4.99 Å². The molecule has 158 valence electrons. The molecule has 6 nitrogen and oxygen atoms in total. The molecule has 0 aliphatic carbocycles. The molecule has 2 heterocycles. The second kappa shape index (κ2) is 10.7. The van der Waals surface area contributed by atoms with E-state index in [-0.39, 0.29) is 13.0 Å². The molecule has 0 amide bonds. The number of rotatable bonds is 8. The number of nitrogens with zero attached hydrogens (tertiary/aromatic N) is 4. The molecular weight excluding hydrogens is 374 g/mol. The third-order valence-electron chi connectivity index (χ3n) is 4.51. The second-order valence-corrected chi connectivity index (χ2v) is 6.87. The van der Waals surface area contributed by atoms with Crippen molar-refractivity contribution >= 4 is 23.4 Å². The van der Waals surface area contributed by atoms with Crippen molar-refractivity contribution in [1.29, 1.82) is 0 Å². The number of anilines is 2. The first-order valence-electron chi connectivity index (χ1n) is 9.87. The van der Waals surface area contributed by atoms with E-state index in [0.29, 0.717) is 43.4 Å². The zero-order valence-corrected chi connectivity index (χ0v) is 17.3. The summed E-state index contributed by atoms with van der Waals surface area (Å²) in [5, 5.41) is 3.21. The Bertz CT molecular complexity index is 798. The molecule has 1 aliphatic rings. The van der Waals surface area contributed by atoms with Crippen molar-refractivity contribution in [1.82, 2.24) is 9.97 Å². The van der Waals surface area contributed by atoms with Gasteiger partial charge < -0.3 is 16.0 Å². The number of piperidine rings is 1. The predicted molar refractivity (Wildman–Crippen MR) is 116 cm³/mol. The van der Waals surface area contributed by atoms with Crippen LogP contribution in [-0.4, -0.2) is 41.7 Å². The van der Waals surface area contributed by atoms with E-state index in [2.05, 4.69) is 20.3 Å². The number of nitrogens with one attached hydrogen (secondary N) is 1. The Balaban J connectivity index is 2.21. The Hall–Kier alpha value is -2.77. The van der Waals surface area contributed by atoms with E-state index in [1.54, 1.807) is 17.2 Å². The van der Waals surface area contributed by atoms with E-state index < -0.39 is 5.92 Å². The maximum absolute atomic E-state index is 13.9. The molecule has 0 aromatic carbocycles. The summed E-state index contributed by atoms with van der Waals surface area (Å²) < 4.78 is 27.8. The van der Waals surface area contributed by atoms with Crippen molar-refractivity contribution < 1.29 is 8.78 Å². The van der Waals surface area contributed by atoms with Crippen molar-refractivity contribution in [3.8, 4) is 0 Å². The monoisotopic (exact) mass is 404 g/mol. The summed E-state index contributed by atoms with van der Waals surface area (Å²) in [5.41, 5.74) is 7.38. The van der Waals surface area contributed by atoms with Crippen LogP contribution in [0.4, 0.5) is 20.4 Å². The fourth-order valence-electron chi connectivity index (χ4n) is 3.03. The number of allylic oxidation sites excluding steroid dienone is 4. The minimum atomic E-state index is -2.71. The molecule has 0 atom stereocenters. The normalized spacial score (nSPS) is 18.0. The third-order valence-corrected chi connectivity index (χ3v) is 4.51. The van der Waals surface area contributed by atoms with E-state index >= 15 is 0 Å². The van der Waals surface area contributed by atoms with Gasteiger partial charge in [0.25, 0.3) is 5.92 Å². The molecule has 0 bridgehead atoms. The van der Waals surface area contributed by atoms with E-state index in [0.717, 1.165) is 11.3 Å².